The molecule has 0 bridgehead atoms. The van der Waals surface area contributed by atoms with E-state index in [1.54, 1.807) is 24.5 Å². The van der Waals surface area contributed by atoms with Gasteiger partial charge in [-0.25, -0.2) is 4.98 Å². The summed E-state index contributed by atoms with van der Waals surface area (Å²) in [5.41, 5.74) is 7.17. The zero-order valence-electron chi connectivity index (χ0n) is 10.9. The quantitative estimate of drug-likeness (QED) is 0.764. The minimum Gasteiger partial charge on any atom is -0.347 e. The van der Waals surface area contributed by atoms with Crippen LogP contribution in [0.4, 0.5) is 0 Å². The summed E-state index contributed by atoms with van der Waals surface area (Å²) in [5, 5.41) is 2.96. The van der Waals surface area contributed by atoms with Crippen molar-refractivity contribution < 1.29 is 4.79 Å². The molecule has 0 radical (unpaired) electrons. The van der Waals surface area contributed by atoms with Crippen LogP contribution in [-0.4, -0.2) is 15.9 Å². The Kier molecular flexibility index (Phi) is 4.30. The molecule has 1 amide bonds. The molecule has 0 saturated carbocycles. The number of rotatable bonds is 5. The van der Waals surface area contributed by atoms with Gasteiger partial charge >= 0.3 is 0 Å². The molecule has 1 aromatic heterocycles. The van der Waals surface area contributed by atoms with Gasteiger partial charge in [0.15, 0.2) is 0 Å². The summed E-state index contributed by atoms with van der Waals surface area (Å²) in [5.74, 6) is 0.668. The van der Waals surface area contributed by atoms with E-state index in [2.05, 4.69) is 15.3 Å². The minimum absolute atomic E-state index is 0.100. The summed E-state index contributed by atoms with van der Waals surface area (Å²) in [4.78, 5) is 19.3. The van der Waals surface area contributed by atoms with Crippen molar-refractivity contribution in [1.82, 2.24) is 15.3 Å². The van der Waals surface area contributed by atoms with Crippen molar-refractivity contribution in [3.8, 4) is 0 Å². The molecular formula is C14H18N4O. The topological polar surface area (TPSA) is 83.8 Å². The molecule has 0 spiro atoms. The molecule has 0 saturated heterocycles. The molecule has 100 valence electrons. The number of aromatic amines is 1. The monoisotopic (exact) mass is 258 g/mol. The zero-order valence-corrected chi connectivity index (χ0v) is 10.9. The normalized spacial score (nSPS) is 12.1. The number of hydrogen-bond acceptors (Lipinski definition) is 3. The van der Waals surface area contributed by atoms with E-state index in [0.29, 0.717) is 12.1 Å². The van der Waals surface area contributed by atoms with E-state index in [1.807, 2.05) is 19.1 Å². The average molecular weight is 258 g/mol. The van der Waals surface area contributed by atoms with Gasteiger partial charge in [-0.1, -0.05) is 19.1 Å². The van der Waals surface area contributed by atoms with Crippen molar-refractivity contribution in [3.63, 3.8) is 0 Å². The molecule has 0 aliphatic heterocycles. The third-order valence-electron chi connectivity index (χ3n) is 3.01. The van der Waals surface area contributed by atoms with E-state index < -0.39 is 0 Å². The highest BCUT2D eigenvalue weighted by molar-refractivity contribution is 5.94. The Morgan fingerprint density at radius 2 is 2.16 bits per heavy atom. The molecule has 0 aliphatic rings. The molecular weight excluding hydrogens is 240 g/mol. The standard InChI is InChI=1S/C14H18N4O/c1-2-12(13-16-7-8-17-13)18-14(19)11-5-3-10(9-15)4-6-11/h3-8,12H,2,9,15H2,1H3,(H,16,17)(H,18,19). The van der Waals surface area contributed by atoms with Gasteiger partial charge in [0, 0.05) is 24.5 Å². The maximum Gasteiger partial charge on any atom is 0.251 e. The second-order valence-corrected chi connectivity index (χ2v) is 4.31. The highest BCUT2D eigenvalue weighted by atomic mass is 16.1. The predicted molar refractivity (Wildman–Crippen MR) is 73.4 cm³/mol. The number of H-pyrrole nitrogens is 1. The molecule has 1 heterocycles. The van der Waals surface area contributed by atoms with Crippen molar-refractivity contribution in [2.45, 2.75) is 25.9 Å². The Morgan fingerprint density at radius 3 is 2.68 bits per heavy atom. The van der Waals surface area contributed by atoms with Gasteiger partial charge in [0.25, 0.3) is 5.91 Å². The summed E-state index contributed by atoms with van der Waals surface area (Å²) in [6.07, 6.45) is 4.21. The third-order valence-corrected chi connectivity index (χ3v) is 3.01. The van der Waals surface area contributed by atoms with E-state index >= 15 is 0 Å². The molecule has 19 heavy (non-hydrogen) atoms. The summed E-state index contributed by atoms with van der Waals surface area (Å²) >= 11 is 0. The van der Waals surface area contributed by atoms with E-state index in [4.69, 9.17) is 5.73 Å². The van der Waals surface area contributed by atoms with E-state index in [-0.39, 0.29) is 11.9 Å². The highest BCUT2D eigenvalue weighted by Crippen LogP contribution is 2.13. The van der Waals surface area contributed by atoms with Gasteiger partial charge in [0.1, 0.15) is 5.82 Å². The number of aromatic nitrogens is 2. The third kappa shape index (κ3) is 3.20. The lowest BCUT2D eigenvalue weighted by Crippen LogP contribution is -2.28. The molecule has 0 fully saturated rings. The second-order valence-electron chi connectivity index (χ2n) is 4.31. The predicted octanol–water partition coefficient (Wildman–Crippen LogP) is 1.75. The van der Waals surface area contributed by atoms with Gasteiger partial charge in [-0.2, -0.15) is 0 Å². The number of hydrogen-bond donors (Lipinski definition) is 3. The van der Waals surface area contributed by atoms with Crippen LogP contribution in [0.15, 0.2) is 36.7 Å². The van der Waals surface area contributed by atoms with Crippen molar-refractivity contribution in [2.24, 2.45) is 5.73 Å². The lowest BCUT2D eigenvalue weighted by atomic mass is 10.1. The van der Waals surface area contributed by atoms with Gasteiger partial charge in [0.05, 0.1) is 6.04 Å². The molecule has 0 aliphatic carbocycles. The first kappa shape index (κ1) is 13.3. The van der Waals surface area contributed by atoms with Crippen LogP contribution in [0, 0.1) is 0 Å². The van der Waals surface area contributed by atoms with Crippen molar-refractivity contribution in [1.29, 1.82) is 0 Å². The molecule has 1 atom stereocenters. The lowest BCUT2D eigenvalue weighted by molar-refractivity contribution is 0.0934. The SMILES string of the molecule is CCC(NC(=O)c1ccc(CN)cc1)c1ncc[nH]1. The van der Waals surface area contributed by atoms with E-state index in [0.717, 1.165) is 17.8 Å². The van der Waals surface area contributed by atoms with Crippen LogP contribution in [0.2, 0.25) is 0 Å². The van der Waals surface area contributed by atoms with Crippen LogP contribution in [0.3, 0.4) is 0 Å². The van der Waals surface area contributed by atoms with Crippen LogP contribution in [0.25, 0.3) is 0 Å². The Labute approximate surface area is 112 Å². The summed E-state index contributed by atoms with van der Waals surface area (Å²) in [6, 6.07) is 7.20. The number of imidazole rings is 1. The highest BCUT2D eigenvalue weighted by Gasteiger charge is 2.15. The number of nitrogens with one attached hydrogen (secondary N) is 2. The Morgan fingerprint density at radius 1 is 1.42 bits per heavy atom. The van der Waals surface area contributed by atoms with Gasteiger partial charge in [-0.15, -0.1) is 0 Å². The molecule has 1 aromatic carbocycles. The fourth-order valence-corrected chi connectivity index (χ4v) is 1.87. The molecule has 2 rings (SSSR count). The number of nitrogens with zero attached hydrogens (tertiary/aromatic N) is 1. The van der Waals surface area contributed by atoms with Crippen molar-refractivity contribution in [2.75, 3.05) is 0 Å². The minimum atomic E-state index is -0.105. The van der Waals surface area contributed by atoms with E-state index in [9.17, 15) is 4.79 Å². The average Bonchev–Trinajstić information content (AvgIpc) is 2.98. The molecule has 4 N–H and O–H groups in total. The number of carbonyl (C=O) groups is 1. The first-order valence-electron chi connectivity index (χ1n) is 6.33. The van der Waals surface area contributed by atoms with Gasteiger partial charge in [-0.05, 0) is 24.1 Å². The Balaban J connectivity index is 2.06. The molecule has 5 heteroatoms. The summed E-state index contributed by atoms with van der Waals surface area (Å²) < 4.78 is 0. The van der Waals surface area contributed by atoms with Gasteiger partial charge < -0.3 is 16.0 Å². The van der Waals surface area contributed by atoms with Crippen molar-refractivity contribution in [3.05, 3.63) is 53.6 Å². The van der Waals surface area contributed by atoms with Crippen LogP contribution >= 0.6 is 0 Å². The van der Waals surface area contributed by atoms with Crippen LogP contribution in [0.1, 0.15) is 41.1 Å². The maximum atomic E-state index is 12.1. The Bertz CT molecular complexity index is 519. The fraction of sp³-hybridized carbons (Fsp3) is 0.286. The van der Waals surface area contributed by atoms with Gasteiger partial charge in [0.2, 0.25) is 0 Å². The Hall–Kier alpha value is -2.14. The second kappa shape index (κ2) is 6.15. The number of carbonyl (C=O) groups excluding carboxylic acids is 1. The maximum absolute atomic E-state index is 12.1. The first-order valence-corrected chi connectivity index (χ1v) is 6.33. The van der Waals surface area contributed by atoms with Crippen LogP contribution in [0.5, 0.6) is 0 Å². The fourth-order valence-electron chi connectivity index (χ4n) is 1.87. The molecule has 5 nitrogen and oxygen atoms in total. The molecule has 1 unspecified atom stereocenters. The smallest absolute Gasteiger partial charge is 0.251 e. The lowest BCUT2D eigenvalue weighted by Gasteiger charge is -2.14. The first-order chi connectivity index (χ1) is 9.24. The summed E-state index contributed by atoms with van der Waals surface area (Å²) in [6.45, 7) is 2.48. The van der Waals surface area contributed by atoms with Crippen LogP contribution in [-0.2, 0) is 6.54 Å². The number of nitrogens with two attached hydrogens (primary N) is 1. The van der Waals surface area contributed by atoms with Crippen molar-refractivity contribution >= 4 is 5.91 Å². The number of amides is 1. The largest absolute Gasteiger partial charge is 0.347 e. The van der Waals surface area contributed by atoms with Gasteiger partial charge in [-0.3, -0.25) is 4.79 Å². The molecule has 2 aromatic rings. The summed E-state index contributed by atoms with van der Waals surface area (Å²) in [7, 11) is 0. The number of benzene rings is 1. The van der Waals surface area contributed by atoms with Crippen LogP contribution < -0.4 is 11.1 Å². The van der Waals surface area contributed by atoms with E-state index in [1.165, 1.54) is 0 Å². The zero-order chi connectivity index (χ0) is 13.7.